The Labute approximate surface area is 114 Å². The second kappa shape index (κ2) is 6.19. The van der Waals surface area contributed by atoms with E-state index in [9.17, 15) is 4.79 Å². The molecule has 2 rings (SSSR count). The number of ether oxygens (including phenoxy) is 1. The van der Waals surface area contributed by atoms with Crippen molar-refractivity contribution >= 4 is 5.97 Å². The molecule has 106 valence electrons. The molecule has 1 atom stereocenters. The van der Waals surface area contributed by atoms with Crippen molar-refractivity contribution in [3.63, 3.8) is 0 Å². The van der Waals surface area contributed by atoms with Gasteiger partial charge in [0.25, 0.3) is 0 Å². The Morgan fingerprint density at radius 3 is 3.05 bits per heavy atom. The molecule has 1 aromatic rings. The first-order chi connectivity index (χ1) is 9.11. The zero-order valence-corrected chi connectivity index (χ0v) is 12.1. The third kappa shape index (κ3) is 3.35. The van der Waals surface area contributed by atoms with E-state index in [1.165, 1.54) is 12.8 Å². The van der Waals surface area contributed by atoms with Crippen LogP contribution in [0.5, 0.6) is 0 Å². The number of hydrogen-bond acceptors (Lipinski definition) is 4. The number of likely N-dealkylation sites (tertiary alicyclic amines) is 1. The molecule has 0 aliphatic carbocycles. The van der Waals surface area contributed by atoms with E-state index < -0.39 is 0 Å². The van der Waals surface area contributed by atoms with Crippen LogP contribution in [0.25, 0.3) is 0 Å². The highest BCUT2D eigenvalue weighted by Crippen LogP contribution is 2.19. The van der Waals surface area contributed by atoms with Crippen LogP contribution >= 0.6 is 0 Å². The Hall–Kier alpha value is -1.36. The molecule has 1 saturated heterocycles. The summed E-state index contributed by atoms with van der Waals surface area (Å²) in [6.45, 7) is 7.45. The molecular weight excluding hydrogens is 242 g/mol. The van der Waals surface area contributed by atoms with Crippen LogP contribution < -0.4 is 0 Å². The van der Waals surface area contributed by atoms with Crippen molar-refractivity contribution in [1.29, 1.82) is 0 Å². The van der Waals surface area contributed by atoms with Gasteiger partial charge in [0, 0.05) is 20.1 Å². The summed E-state index contributed by atoms with van der Waals surface area (Å²) in [4.78, 5) is 14.3. The summed E-state index contributed by atoms with van der Waals surface area (Å²) in [5.41, 5.74) is 1.55. The largest absolute Gasteiger partial charge is 0.462 e. The summed E-state index contributed by atoms with van der Waals surface area (Å²) in [5.74, 6) is 0.462. The number of carbonyl (C=O) groups excluding carboxylic acids is 1. The summed E-state index contributed by atoms with van der Waals surface area (Å²) >= 11 is 0. The summed E-state index contributed by atoms with van der Waals surface area (Å²) in [5, 5.41) is 4.19. The van der Waals surface area contributed by atoms with Gasteiger partial charge in [-0.3, -0.25) is 9.58 Å². The summed E-state index contributed by atoms with van der Waals surface area (Å²) in [7, 11) is 1.88. The zero-order valence-electron chi connectivity index (χ0n) is 12.1. The normalized spacial score (nSPS) is 20.5. The molecule has 1 unspecified atom stereocenters. The highest BCUT2D eigenvalue weighted by atomic mass is 16.5. The van der Waals surface area contributed by atoms with Crippen LogP contribution in [0.1, 0.15) is 42.7 Å². The lowest BCUT2D eigenvalue weighted by molar-refractivity contribution is 0.0523. The number of esters is 1. The number of aryl methyl sites for hydroxylation is 1. The maximum atomic E-state index is 11.9. The van der Waals surface area contributed by atoms with Gasteiger partial charge in [0.15, 0.2) is 0 Å². The standard InChI is InChI=1S/C14H23N3O2/c1-4-19-14(18)12-8-15-16(3)13(12)10-17-7-5-6-11(2)9-17/h8,11H,4-7,9-10H2,1-3H3. The Balaban J connectivity index is 2.10. The van der Waals surface area contributed by atoms with E-state index in [0.29, 0.717) is 12.2 Å². The lowest BCUT2D eigenvalue weighted by Crippen LogP contribution is -2.34. The predicted molar refractivity (Wildman–Crippen MR) is 72.8 cm³/mol. The third-order valence-electron chi connectivity index (χ3n) is 3.67. The smallest absolute Gasteiger partial charge is 0.341 e. The van der Waals surface area contributed by atoms with Crippen LogP contribution in [0.2, 0.25) is 0 Å². The minimum atomic E-state index is -0.268. The number of piperidine rings is 1. The van der Waals surface area contributed by atoms with E-state index in [0.717, 1.165) is 31.2 Å². The molecule has 19 heavy (non-hydrogen) atoms. The molecule has 0 N–H and O–H groups in total. The molecule has 2 heterocycles. The average molecular weight is 265 g/mol. The molecule has 5 heteroatoms. The van der Waals surface area contributed by atoms with E-state index >= 15 is 0 Å². The van der Waals surface area contributed by atoms with E-state index in [1.807, 2.05) is 14.0 Å². The van der Waals surface area contributed by atoms with Crippen molar-refractivity contribution in [3.8, 4) is 0 Å². The molecule has 0 amide bonds. The molecule has 0 saturated carbocycles. The maximum absolute atomic E-state index is 11.9. The molecule has 1 fully saturated rings. The van der Waals surface area contributed by atoms with Crippen LogP contribution in [-0.2, 0) is 18.3 Å². The van der Waals surface area contributed by atoms with E-state index in [2.05, 4.69) is 16.9 Å². The quantitative estimate of drug-likeness (QED) is 0.779. The second-order valence-corrected chi connectivity index (χ2v) is 5.33. The first kappa shape index (κ1) is 14.1. The fraction of sp³-hybridized carbons (Fsp3) is 0.714. The molecule has 1 aliphatic heterocycles. The maximum Gasteiger partial charge on any atom is 0.341 e. The van der Waals surface area contributed by atoms with Gasteiger partial charge in [-0.15, -0.1) is 0 Å². The van der Waals surface area contributed by atoms with Crippen molar-refractivity contribution in [2.24, 2.45) is 13.0 Å². The van der Waals surface area contributed by atoms with E-state index in [4.69, 9.17) is 4.74 Å². The van der Waals surface area contributed by atoms with Crippen molar-refractivity contribution in [3.05, 3.63) is 17.5 Å². The molecule has 0 aromatic carbocycles. The molecule has 5 nitrogen and oxygen atoms in total. The van der Waals surface area contributed by atoms with Gasteiger partial charge in [-0.05, 0) is 32.2 Å². The van der Waals surface area contributed by atoms with Gasteiger partial charge in [-0.1, -0.05) is 6.92 Å². The minimum absolute atomic E-state index is 0.268. The van der Waals surface area contributed by atoms with Gasteiger partial charge in [0.05, 0.1) is 18.5 Å². The fourth-order valence-electron chi connectivity index (χ4n) is 2.67. The molecule has 0 spiro atoms. The van der Waals surface area contributed by atoms with Crippen molar-refractivity contribution < 1.29 is 9.53 Å². The molecule has 1 aliphatic rings. The summed E-state index contributed by atoms with van der Waals surface area (Å²) < 4.78 is 6.86. The first-order valence-corrected chi connectivity index (χ1v) is 7.02. The van der Waals surface area contributed by atoms with Crippen LogP contribution in [0.4, 0.5) is 0 Å². The number of aromatic nitrogens is 2. The highest BCUT2D eigenvalue weighted by molar-refractivity contribution is 5.90. The van der Waals surface area contributed by atoms with Crippen LogP contribution in [0.15, 0.2) is 6.20 Å². The first-order valence-electron chi connectivity index (χ1n) is 7.02. The minimum Gasteiger partial charge on any atom is -0.462 e. The Morgan fingerprint density at radius 2 is 2.37 bits per heavy atom. The van der Waals surface area contributed by atoms with E-state index in [-0.39, 0.29) is 5.97 Å². The summed E-state index contributed by atoms with van der Waals surface area (Å²) in [6, 6.07) is 0. The van der Waals surface area contributed by atoms with E-state index in [1.54, 1.807) is 10.9 Å². The predicted octanol–water partition coefficient (Wildman–Crippen LogP) is 1.83. The lowest BCUT2D eigenvalue weighted by atomic mass is 10.00. The van der Waals surface area contributed by atoms with Crippen LogP contribution in [0, 0.1) is 5.92 Å². The Kier molecular flexibility index (Phi) is 4.58. The Morgan fingerprint density at radius 1 is 1.58 bits per heavy atom. The van der Waals surface area contributed by atoms with Gasteiger partial charge in [-0.2, -0.15) is 5.10 Å². The second-order valence-electron chi connectivity index (χ2n) is 5.33. The molecule has 0 bridgehead atoms. The van der Waals surface area contributed by atoms with Gasteiger partial charge in [-0.25, -0.2) is 4.79 Å². The number of nitrogens with zero attached hydrogens (tertiary/aromatic N) is 3. The van der Waals surface area contributed by atoms with Gasteiger partial charge < -0.3 is 4.74 Å². The van der Waals surface area contributed by atoms with Crippen LogP contribution in [0.3, 0.4) is 0 Å². The van der Waals surface area contributed by atoms with Gasteiger partial charge in [0.2, 0.25) is 0 Å². The monoisotopic (exact) mass is 265 g/mol. The van der Waals surface area contributed by atoms with Crippen LogP contribution in [-0.4, -0.2) is 40.3 Å². The molecule has 0 radical (unpaired) electrons. The van der Waals surface area contributed by atoms with Gasteiger partial charge >= 0.3 is 5.97 Å². The fourth-order valence-corrected chi connectivity index (χ4v) is 2.67. The Bertz CT molecular complexity index is 442. The zero-order chi connectivity index (χ0) is 13.8. The number of rotatable bonds is 4. The van der Waals surface area contributed by atoms with Gasteiger partial charge in [0.1, 0.15) is 5.56 Å². The average Bonchev–Trinajstić information content (AvgIpc) is 2.72. The van der Waals surface area contributed by atoms with Crippen molar-refractivity contribution in [1.82, 2.24) is 14.7 Å². The SMILES string of the molecule is CCOC(=O)c1cnn(C)c1CN1CCCC(C)C1. The topological polar surface area (TPSA) is 47.4 Å². The van der Waals surface area contributed by atoms with Crippen molar-refractivity contribution in [2.45, 2.75) is 33.2 Å². The third-order valence-corrected chi connectivity index (χ3v) is 3.67. The summed E-state index contributed by atoms with van der Waals surface area (Å²) in [6.07, 6.45) is 4.14. The number of hydrogen-bond donors (Lipinski definition) is 0. The van der Waals surface area contributed by atoms with Crippen molar-refractivity contribution in [2.75, 3.05) is 19.7 Å². The lowest BCUT2D eigenvalue weighted by Gasteiger charge is -2.30. The number of carbonyl (C=O) groups is 1. The highest BCUT2D eigenvalue weighted by Gasteiger charge is 2.22. The molecule has 1 aromatic heterocycles. The molecular formula is C14H23N3O2.